The summed E-state index contributed by atoms with van der Waals surface area (Å²) in [4.78, 5) is 29.2. The fourth-order valence-electron chi connectivity index (χ4n) is 4.04. The number of amides is 1. The van der Waals surface area contributed by atoms with Gasteiger partial charge in [0.25, 0.3) is 5.91 Å². The third-order valence-corrected chi connectivity index (χ3v) is 6.92. The number of ketones is 1. The third-order valence-electron chi connectivity index (χ3n) is 5.57. The van der Waals surface area contributed by atoms with Crippen LogP contribution >= 0.6 is 27.3 Å². The van der Waals surface area contributed by atoms with Gasteiger partial charge in [0.15, 0.2) is 11.5 Å². The van der Waals surface area contributed by atoms with Gasteiger partial charge < -0.3 is 19.2 Å². The highest BCUT2D eigenvalue weighted by atomic mass is 79.9. The summed E-state index contributed by atoms with van der Waals surface area (Å²) in [5, 5.41) is 13.5. The quantitative estimate of drug-likeness (QED) is 0.311. The second-order valence-electron chi connectivity index (χ2n) is 7.58. The van der Waals surface area contributed by atoms with Crippen LogP contribution in [0.2, 0.25) is 0 Å². The van der Waals surface area contributed by atoms with Gasteiger partial charge in [-0.2, -0.15) is 0 Å². The van der Waals surface area contributed by atoms with Crippen LogP contribution in [0.15, 0.2) is 86.3 Å². The monoisotopic (exact) mass is 523 g/mol. The molecule has 0 saturated heterocycles. The van der Waals surface area contributed by atoms with Gasteiger partial charge in [0.2, 0.25) is 5.78 Å². The molecule has 6 nitrogen and oxygen atoms in total. The van der Waals surface area contributed by atoms with E-state index in [1.165, 1.54) is 16.2 Å². The first-order valence-electron chi connectivity index (χ1n) is 10.1. The minimum atomic E-state index is -0.790. The van der Waals surface area contributed by atoms with Crippen molar-refractivity contribution in [1.29, 1.82) is 0 Å². The highest BCUT2D eigenvalue weighted by Crippen LogP contribution is 2.41. The molecule has 2 aromatic carbocycles. The van der Waals surface area contributed by atoms with E-state index in [1.54, 1.807) is 37.4 Å². The predicted molar refractivity (Wildman–Crippen MR) is 129 cm³/mol. The minimum absolute atomic E-state index is 0.0112. The molecule has 1 atom stereocenters. The predicted octanol–water partition coefficient (Wildman–Crippen LogP) is 6.04. The normalized spacial score (nSPS) is 16.1. The van der Waals surface area contributed by atoms with Crippen molar-refractivity contribution in [3.05, 3.63) is 98.0 Å². The van der Waals surface area contributed by atoms with E-state index in [1.807, 2.05) is 35.7 Å². The SMILES string of the molecule is COc1cccc(C2C(C(=O)c3cc4cc(Br)ccc4o3)=C(O)C(=O)N2Cc2cccs2)c1. The number of methoxy groups -OCH3 is 1. The molecule has 0 radical (unpaired) electrons. The number of halogens is 1. The van der Waals surface area contributed by atoms with Gasteiger partial charge in [-0.05, 0) is 53.4 Å². The molecule has 33 heavy (non-hydrogen) atoms. The number of fused-ring (bicyclic) bond motifs is 1. The zero-order valence-corrected chi connectivity index (χ0v) is 19.9. The van der Waals surface area contributed by atoms with Crippen LogP contribution in [0.3, 0.4) is 0 Å². The average Bonchev–Trinajstić information content (AvgIpc) is 3.54. The first-order valence-corrected chi connectivity index (χ1v) is 11.8. The van der Waals surface area contributed by atoms with Crippen molar-refractivity contribution < 1.29 is 23.8 Å². The van der Waals surface area contributed by atoms with Crippen molar-refractivity contribution >= 4 is 49.9 Å². The molecule has 1 N–H and O–H groups in total. The number of Topliss-reactive ketones (excluding diaryl/α,β-unsaturated/α-hetero) is 1. The number of hydrogen-bond acceptors (Lipinski definition) is 6. The summed E-state index contributed by atoms with van der Waals surface area (Å²) < 4.78 is 12.0. The van der Waals surface area contributed by atoms with Crippen molar-refractivity contribution in [3.63, 3.8) is 0 Å². The number of aliphatic hydroxyl groups excluding tert-OH is 1. The van der Waals surface area contributed by atoms with E-state index in [0.717, 1.165) is 14.7 Å². The molecule has 0 bridgehead atoms. The second kappa shape index (κ2) is 8.53. The number of furan rings is 1. The van der Waals surface area contributed by atoms with Crippen LogP contribution in [-0.4, -0.2) is 28.8 Å². The Kier molecular flexibility index (Phi) is 5.55. The van der Waals surface area contributed by atoms with Gasteiger partial charge in [-0.15, -0.1) is 11.3 Å². The molecular weight excluding hydrogens is 506 g/mol. The number of thiophene rings is 1. The Labute approximate surface area is 201 Å². The van der Waals surface area contributed by atoms with Crippen LogP contribution in [0, 0.1) is 0 Å². The Morgan fingerprint density at radius 2 is 2.03 bits per heavy atom. The number of benzene rings is 2. The van der Waals surface area contributed by atoms with Crippen molar-refractivity contribution in [2.75, 3.05) is 7.11 Å². The van der Waals surface area contributed by atoms with Gasteiger partial charge >= 0.3 is 0 Å². The molecule has 0 aliphatic carbocycles. The smallest absolute Gasteiger partial charge is 0.290 e. The summed E-state index contributed by atoms with van der Waals surface area (Å²) in [6, 6.07) is 17.2. The summed E-state index contributed by atoms with van der Waals surface area (Å²) in [5.74, 6) is -1.05. The Balaban J connectivity index is 1.61. The Morgan fingerprint density at radius 1 is 1.18 bits per heavy atom. The Morgan fingerprint density at radius 3 is 2.79 bits per heavy atom. The highest BCUT2D eigenvalue weighted by molar-refractivity contribution is 9.10. The number of carbonyl (C=O) groups is 2. The molecule has 1 amide bonds. The first kappa shape index (κ1) is 21.5. The molecule has 0 fully saturated rings. The Bertz CT molecular complexity index is 1410. The summed E-state index contributed by atoms with van der Waals surface area (Å²) in [5.41, 5.74) is 1.19. The number of aliphatic hydroxyl groups is 1. The molecule has 4 aromatic rings. The van der Waals surface area contributed by atoms with E-state index in [0.29, 0.717) is 16.9 Å². The standard InChI is InChI=1S/C25H18BrNO5S/c1-31-17-5-2-4-14(11-17)22-21(24(29)25(30)27(22)13-18-6-3-9-33-18)23(28)20-12-15-10-16(26)7-8-19(15)32-20/h2-12,22,29H,13H2,1H3. The number of carbonyl (C=O) groups excluding carboxylic acids is 2. The summed E-state index contributed by atoms with van der Waals surface area (Å²) in [6.45, 7) is 0.256. The molecule has 8 heteroatoms. The molecule has 5 rings (SSSR count). The lowest BCUT2D eigenvalue weighted by atomic mass is 9.95. The lowest BCUT2D eigenvalue weighted by Gasteiger charge is -2.26. The summed E-state index contributed by atoms with van der Waals surface area (Å²) in [7, 11) is 1.55. The van der Waals surface area contributed by atoms with Crippen LogP contribution in [0.25, 0.3) is 11.0 Å². The maximum absolute atomic E-state index is 13.6. The molecule has 0 spiro atoms. The van der Waals surface area contributed by atoms with Crippen LogP contribution in [-0.2, 0) is 11.3 Å². The zero-order valence-electron chi connectivity index (χ0n) is 17.4. The Hall–Kier alpha value is -3.36. The van der Waals surface area contributed by atoms with Crippen molar-refractivity contribution in [2.24, 2.45) is 0 Å². The number of hydrogen-bond donors (Lipinski definition) is 1. The van der Waals surface area contributed by atoms with Crippen LogP contribution in [0.4, 0.5) is 0 Å². The van der Waals surface area contributed by atoms with Crippen molar-refractivity contribution in [3.8, 4) is 5.75 Å². The number of rotatable bonds is 6. The maximum Gasteiger partial charge on any atom is 0.290 e. The summed E-state index contributed by atoms with van der Waals surface area (Å²) in [6.07, 6.45) is 0. The van der Waals surface area contributed by atoms with Crippen LogP contribution in [0.1, 0.15) is 27.0 Å². The number of nitrogens with zero attached hydrogens (tertiary/aromatic N) is 1. The third kappa shape index (κ3) is 3.85. The molecule has 1 aliphatic heterocycles. The number of ether oxygens (including phenoxy) is 1. The zero-order chi connectivity index (χ0) is 23.1. The fraction of sp³-hybridized carbons (Fsp3) is 0.120. The molecule has 1 unspecified atom stereocenters. The van der Waals surface area contributed by atoms with Gasteiger partial charge in [0, 0.05) is 14.7 Å². The van der Waals surface area contributed by atoms with E-state index < -0.39 is 23.5 Å². The van der Waals surface area contributed by atoms with E-state index in [9.17, 15) is 14.7 Å². The lowest BCUT2D eigenvalue weighted by molar-refractivity contribution is -0.130. The van der Waals surface area contributed by atoms with Gasteiger partial charge in [0.1, 0.15) is 11.3 Å². The summed E-state index contributed by atoms with van der Waals surface area (Å²) >= 11 is 4.92. The van der Waals surface area contributed by atoms with Crippen molar-refractivity contribution in [1.82, 2.24) is 4.90 Å². The lowest BCUT2D eigenvalue weighted by Crippen LogP contribution is -2.30. The topological polar surface area (TPSA) is 80.0 Å². The van der Waals surface area contributed by atoms with Gasteiger partial charge in [0.05, 0.1) is 25.3 Å². The van der Waals surface area contributed by atoms with E-state index in [2.05, 4.69) is 15.9 Å². The molecule has 0 saturated carbocycles. The fourth-order valence-corrected chi connectivity index (χ4v) is 5.12. The molecule has 3 heterocycles. The van der Waals surface area contributed by atoms with Crippen molar-refractivity contribution in [2.45, 2.75) is 12.6 Å². The molecule has 2 aromatic heterocycles. The van der Waals surface area contributed by atoms with E-state index in [-0.39, 0.29) is 17.9 Å². The average molecular weight is 524 g/mol. The molecular formula is C25H18BrNO5S. The second-order valence-corrected chi connectivity index (χ2v) is 9.52. The highest BCUT2D eigenvalue weighted by Gasteiger charge is 2.44. The van der Waals surface area contributed by atoms with Crippen LogP contribution in [0.5, 0.6) is 5.75 Å². The van der Waals surface area contributed by atoms with Gasteiger partial charge in [-0.3, -0.25) is 9.59 Å². The largest absolute Gasteiger partial charge is 0.503 e. The first-order chi connectivity index (χ1) is 16.0. The van der Waals surface area contributed by atoms with E-state index in [4.69, 9.17) is 9.15 Å². The maximum atomic E-state index is 13.6. The van der Waals surface area contributed by atoms with Gasteiger partial charge in [-0.25, -0.2) is 0 Å². The van der Waals surface area contributed by atoms with Crippen LogP contribution < -0.4 is 4.74 Å². The molecule has 166 valence electrons. The molecule has 1 aliphatic rings. The minimum Gasteiger partial charge on any atom is -0.503 e. The van der Waals surface area contributed by atoms with Gasteiger partial charge in [-0.1, -0.05) is 34.1 Å². The van der Waals surface area contributed by atoms with E-state index >= 15 is 0 Å².